The fourth-order valence-corrected chi connectivity index (χ4v) is 3.13. The van der Waals surface area contributed by atoms with E-state index in [-0.39, 0.29) is 18.9 Å². The highest BCUT2D eigenvalue weighted by atomic mass is 79.9. The predicted molar refractivity (Wildman–Crippen MR) is 79.3 cm³/mol. The van der Waals surface area contributed by atoms with E-state index in [1.165, 1.54) is 0 Å². The van der Waals surface area contributed by atoms with Crippen LogP contribution in [0.3, 0.4) is 0 Å². The summed E-state index contributed by atoms with van der Waals surface area (Å²) in [6, 6.07) is 5.54. The van der Waals surface area contributed by atoms with Gasteiger partial charge in [0.05, 0.1) is 13.0 Å². The van der Waals surface area contributed by atoms with Crippen LogP contribution in [0.4, 0.5) is 13.2 Å². The van der Waals surface area contributed by atoms with Crippen LogP contribution in [0.1, 0.15) is 31.2 Å². The van der Waals surface area contributed by atoms with Gasteiger partial charge in [0.2, 0.25) is 0 Å². The molecule has 1 N–H and O–H groups in total. The first-order valence-corrected chi connectivity index (χ1v) is 7.82. The molecule has 6 heteroatoms. The Morgan fingerprint density at radius 3 is 2.76 bits per heavy atom. The standard InChI is InChI=1S/C15H19BrF3NO/c1-21-13-5-6-14(16)10(7-13)9-20-12-4-2-3-11(8-12)15(17,18)19/h5-7,11-12,20H,2-4,8-9H2,1H3. The van der Waals surface area contributed by atoms with Crippen molar-refractivity contribution in [1.82, 2.24) is 5.32 Å². The molecule has 2 atom stereocenters. The molecule has 1 aliphatic rings. The highest BCUT2D eigenvalue weighted by molar-refractivity contribution is 9.10. The summed E-state index contributed by atoms with van der Waals surface area (Å²) in [7, 11) is 1.59. The number of hydrogen-bond acceptors (Lipinski definition) is 2. The number of nitrogens with one attached hydrogen (secondary N) is 1. The van der Waals surface area contributed by atoms with E-state index in [1.807, 2.05) is 18.2 Å². The van der Waals surface area contributed by atoms with E-state index < -0.39 is 12.1 Å². The molecule has 0 radical (unpaired) electrons. The van der Waals surface area contributed by atoms with Crippen molar-refractivity contribution in [2.24, 2.45) is 5.92 Å². The molecule has 0 heterocycles. The van der Waals surface area contributed by atoms with Gasteiger partial charge in [-0.3, -0.25) is 0 Å². The van der Waals surface area contributed by atoms with Gasteiger partial charge in [0.25, 0.3) is 0 Å². The number of alkyl halides is 3. The van der Waals surface area contributed by atoms with Crippen LogP contribution in [0.5, 0.6) is 5.75 Å². The second kappa shape index (κ2) is 7.01. The van der Waals surface area contributed by atoms with Crippen molar-refractivity contribution in [1.29, 1.82) is 0 Å². The van der Waals surface area contributed by atoms with Crippen molar-refractivity contribution in [3.05, 3.63) is 28.2 Å². The Morgan fingerprint density at radius 1 is 1.33 bits per heavy atom. The van der Waals surface area contributed by atoms with Crippen LogP contribution in [-0.4, -0.2) is 19.3 Å². The molecule has 118 valence electrons. The van der Waals surface area contributed by atoms with E-state index in [9.17, 15) is 13.2 Å². The fourth-order valence-electron chi connectivity index (χ4n) is 2.74. The zero-order valence-electron chi connectivity index (χ0n) is 11.8. The fraction of sp³-hybridized carbons (Fsp3) is 0.600. The largest absolute Gasteiger partial charge is 0.497 e. The smallest absolute Gasteiger partial charge is 0.391 e. The summed E-state index contributed by atoms with van der Waals surface area (Å²) in [6.45, 7) is 0.535. The van der Waals surface area contributed by atoms with Crippen LogP contribution < -0.4 is 10.1 Å². The number of halogens is 4. The first kappa shape index (κ1) is 16.6. The molecule has 1 aromatic rings. The Balaban J connectivity index is 1.93. The van der Waals surface area contributed by atoms with E-state index in [2.05, 4.69) is 21.2 Å². The maximum atomic E-state index is 12.8. The third-order valence-corrected chi connectivity index (χ3v) is 4.74. The average molecular weight is 366 g/mol. The summed E-state index contributed by atoms with van der Waals surface area (Å²) in [5.41, 5.74) is 0.989. The summed E-state index contributed by atoms with van der Waals surface area (Å²) in [6.07, 6.45) is -2.22. The van der Waals surface area contributed by atoms with Gasteiger partial charge in [-0.05, 0) is 43.0 Å². The number of benzene rings is 1. The van der Waals surface area contributed by atoms with Crippen molar-refractivity contribution in [2.75, 3.05) is 7.11 Å². The van der Waals surface area contributed by atoms with Crippen LogP contribution in [0.2, 0.25) is 0 Å². The van der Waals surface area contributed by atoms with E-state index in [1.54, 1.807) is 7.11 Å². The van der Waals surface area contributed by atoms with Gasteiger partial charge in [-0.25, -0.2) is 0 Å². The van der Waals surface area contributed by atoms with Gasteiger partial charge in [0, 0.05) is 17.1 Å². The Morgan fingerprint density at radius 2 is 2.10 bits per heavy atom. The Labute approximate surface area is 131 Å². The highest BCUT2D eigenvalue weighted by Gasteiger charge is 2.41. The lowest BCUT2D eigenvalue weighted by atomic mass is 9.85. The maximum Gasteiger partial charge on any atom is 0.391 e. The van der Waals surface area contributed by atoms with E-state index in [4.69, 9.17) is 4.74 Å². The number of rotatable bonds is 4. The van der Waals surface area contributed by atoms with Gasteiger partial charge in [0.1, 0.15) is 5.75 Å². The third-order valence-electron chi connectivity index (χ3n) is 3.97. The van der Waals surface area contributed by atoms with Gasteiger partial charge in [-0.2, -0.15) is 13.2 Å². The second-order valence-electron chi connectivity index (χ2n) is 5.44. The topological polar surface area (TPSA) is 21.3 Å². The zero-order valence-corrected chi connectivity index (χ0v) is 13.4. The summed E-state index contributed by atoms with van der Waals surface area (Å²) in [5, 5.41) is 3.25. The quantitative estimate of drug-likeness (QED) is 0.836. The molecule has 0 aliphatic heterocycles. The van der Waals surface area contributed by atoms with Crippen LogP contribution in [0, 0.1) is 5.92 Å². The van der Waals surface area contributed by atoms with Gasteiger partial charge < -0.3 is 10.1 Å². The maximum absolute atomic E-state index is 12.8. The minimum atomic E-state index is -4.07. The van der Waals surface area contributed by atoms with Crippen LogP contribution in [-0.2, 0) is 6.54 Å². The molecule has 1 saturated carbocycles. The molecule has 2 rings (SSSR count). The SMILES string of the molecule is COc1ccc(Br)c(CNC2CCCC(C(F)(F)F)C2)c1. The molecule has 1 aliphatic carbocycles. The van der Waals surface area contributed by atoms with E-state index in [0.29, 0.717) is 13.0 Å². The summed E-state index contributed by atoms with van der Waals surface area (Å²) in [4.78, 5) is 0. The lowest BCUT2D eigenvalue weighted by Crippen LogP contribution is -2.38. The molecule has 2 unspecified atom stereocenters. The Bertz CT molecular complexity index is 478. The molecule has 21 heavy (non-hydrogen) atoms. The van der Waals surface area contributed by atoms with Crippen LogP contribution in [0.25, 0.3) is 0 Å². The highest BCUT2D eigenvalue weighted by Crippen LogP contribution is 2.37. The first-order valence-electron chi connectivity index (χ1n) is 7.02. The number of hydrogen-bond donors (Lipinski definition) is 1. The lowest BCUT2D eigenvalue weighted by molar-refractivity contribution is -0.183. The van der Waals surface area contributed by atoms with Crippen LogP contribution in [0.15, 0.2) is 22.7 Å². The summed E-state index contributed by atoms with van der Waals surface area (Å²) >= 11 is 3.45. The van der Waals surface area contributed by atoms with Crippen molar-refractivity contribution < 1.29 is 17.9 Å². The summed E-state index contributed by atoms with van der Waals surface area (Å²) < 4.78 is 44.5. The first-order chi connectivity index (χ1) is 9.90. The molecule has 1 aromatic carbocycles. The molecule has 0 saturated heterocycles. The molecule has 0 aromatic heterocycles. The van der Waals surface area contributed by atoms with Gasteiger partial charge in [0.15, 0.2) is 0 Å². The molecule has 2 nitrogen and oxygen atoms in total. The van der Waals surface area contributed by atoms with Gasteiger partial charge in [-0.15, -0.1) is 0 Å². The van der Waals surface area contributed by atoms with E-state index in [0.717, 1.165) is 22.2 Å². The molecule has 1 fully saturated rings. The molecule has 0 bridgehead atoms. The van der Waals surface area contributed by atoms with Crippen molar-refractivity contribution in [2.45, 2.75) is 44.4 Å². The van der Waals surface area contributed by atoms with Crippen molar-refractivity contribution in [3.8, 4) is 5.75 Å². The molecular weight excluding hydrogens is 347 g/mol. The molecular formula is C15H19BrF3NO. The van der Waals surface area contributed by atoms with Gasteiger partial charge in [-0.1, -0.05) is 22.4 Å². The Hall–Kier alpha value is -0.750. The Kier molecular flexibility index (Phi) is 5.54. The molecule has 0 amide bonds. The van der Waals surface area contributed by atoms with Crippen LogP contribution >= 0.6 is 15.9 Å². The summed E-state index contributed by atoms with van der Waals surface area (Å²) in [5.74, 6) is -0.427. The molecule has 0 spiro atoms. The van der Waals surface area contributed by atoms with E-state index >= 15 is 0 Å². The lowest BCUT2D eigenvalue weighted by Gasteiger charge is -2.31. The predicted octanol–water partition coefficient (Wildman–Crippen LogP) is 4.67. The normalized spacial score (nSPS) is 23.1. The number of ether oxygens (including phenoxy) is 1. The average Bonchev–Trinajstić information content (AvgIpc) is 2.46. The second-order valence-corrected chi connectivity index (χ2v) is 6.29. The zero-order chi connectivity index (χ0) is 15.5. The minimum Gasteiger partial charge on any atom is -0.497 e. The van der Waals surface area contributed by atoms with Crippen molar-refractivity contribution in [3.63, 3.8) is 0 Å². The van der Waals surface area contributed by atoms with Crippen molar-refractivity contribution >= 4 is 15.9 Å². The van der Waals surface area contributed by atoms with Gasteiger partial charge >= 0.3 is 6.18 Å². The third kappa shape index (κ3) is 4.61. The minimum absolute atomic E-state index is 0.0801. The monoisotopic (exact) mass is 365 g/mol. The number of methoxy groups -OCH3 is 1.